The number of fused-ring (bicyclic) bond motifs is 1. The number of ketones is 1. The highest BCUT2D eigenvalue weighted by molar-refractivity contribution is 6.01. The van der Waals surface area contributed by atoms with Crippen LogP contribution in [0, 0.1) is 25.7 Å². The lowest BCUT2D eigenvalue weighted by Gasteiger charge is -2.16. The molecule has 7 nitrogen and oxygen atoms in total. The Bertz CT molecular complexity index is 978. The lowest BCUT2D eigenvalue weighted by molar-refractivity contribution is -0.139. The van der Waals surface area contributed by atoms with Crippen LogP contribution in [0.3, 0.4) is 0 Å². The van der Waals surface area contributed by atoms with Crippen molar-refractivity contribution in [2.45, 2.75) is 40.0 Å². The number of rotatable bonds is 6. The molecule has 0 heterocycles. The number of carboxylic acids is 1. The molecule has 2 aromatic carbocycles. The van der Waals surface area contributed by atoms with E-state index in [2.05, 4.69) is 5.32 Å². The van der Waals surface area contributed by atoms with Gasteiger partial charge in [-0.05, 0) is 86.9 Å². The van der Waals surface area contributed by atoms with Crippen molar-refractivity contribution in [1.29, 1.82) is 0 Å². The van der Waals surface area contributed by atoms with Crippen molar-refractivity contribution in [3.05, 3.63) is 47.0 Å². The number of aromatic hydroxyl groups is 1. The van der Waals surface area contributed by atoms with Crippen LogP contribution < -0.4 is 10.1 Å². The molecular formula is C23H25NO6. The number of benzene rings is 2. The molecule has 0 spiro atoms. The van der Waals surface area contributed by atoms with E-state index in [1.165, 1.54) is 37.0 Å². The van der Waals surface area contributed by atoms with E-state index in [4.69, 9.17) is 9.84 Å². The number of carbonyl (C=O) groups is 3. The number of hydrogen-bond acceptors (Lipinski definition) is 5. The summed E-state index contributed by atoms with van der Waals surface area (Å²) in [6, 6.07) is 7.56. The van der Waals surface area contributed by atoms with Gasteiger partial charge in [0.1, 0.15) is 23.7 Å². The summed E-state index contributed by atoms with van der Waals surface area (Å²) in [6.45, 7) is 4.91. The fraction of sp³-hybridized carbons (Fsp3) is 0.348. The maximum Gasteiger partial charge on any atom is 0.312 e. The van der Waals surface area contributed by atoms with Crippen molar-refractivity contribution >= 4 is 23.3 Å². The van der Waals surface area contributed by atoms with E-state index in [0.29, 0.717) is 28.3 Å². The Kier molecular flexibility index (Phi) is 6.10. The molecule has 0 bridgehead atoms. The Morgan fingerprint density at radius 3 is 2.10 bits per heavy atom. The number of Topliss-reactive ketones (excluding diaryl/α,β-unsaturated/α-hetero) is 1. The van der Waals surface area contributed by atoms with Crippen molar-refractivity contribution in [2.24, 2.45) is 11.8 Å². The predicted octanol–water partition coefficient (Wildman–Crippen LogP) is 4.44. The molecule has 1 amide bonds. The van der Waals surface area contributed by atoms with Crippen LogP contribution in [0.1, 0.15) is 47.7 Å². The molecule has 0 radical (unpaired) electrons. The van der Waals surface area contributed by atoms with E-state index in [1.54, 1.807) is 38.8 Å². The number of aryl methyl sites for hydroxylation is 2. The molecular weight excluding hydrogens is 386 g/mol. The summed E-state index contributed by atoms with van der Waals surface area (Å²) >= 11 is 0. The van der Waals surface area contributed by atoms with E-state index >= 15 is 0 Å². The van der Waals surface area contributed by atoms with E-state index in [0.717, 1.165) is 0 Å². The van der Waals surface area contributed by atoms with Gasteiger partial charge in [0.15, 0.2) is 5.78 Å². The lowest BCUT2D eigenvalue weighted by atomic mass is 10.1. The van der Waals surface area contributed by atoms with Crippen LogP contribution in [0.5, 0.6) is 17.2 Å². The zero-order valence-corrected chi connectivity index (χ0v) is 17.2. The van der Waals surface area contributed by atoms with Crippen molar-refractivity contribution in [3.63, 3.8) is 0 Å². The molecule has 2 aliphatic carbocycles. The first-order valence-corrected chi connectivity index (χ1v) is 9.78. The quantitative estimate of drug-likeness (QED) is 0.478. The summed E-state index contributed by atoms with van der Waals surface area (Å²) in [5.74, 6) is 1.21. The van der Waals surface area contributed by atoms with Crippen molar-refractivity contribution in [2.75, 3.05) is 5.32 Å². The summed E-state index contributed by atoms with van der Waals surface area (Å²) in [5, 5.41) is 20.7. The first-order valence-electron chi connectivity index (χ1n) is 9.78. The van der Waals surface area contributed by atoms with E-state index in [9.17, 15) is 19.5 Å². The Labute approximate surface area is 174 Å². The highest BCUT2D eigenvalue weighted by Gasteiger charge is 2.52. The number of carboxylic acid groups (broad SMARTS) is 1. The number of carbonyl (C=O) groups excluding carboxylic acids is 2. The highest BCUT2D eigenvalue weighted by Crippen LogP contribution is 2.62. The van der Waals surface area contributed by atoms with Gasteiger partial charge in [-0.2, -0.15) is 0 Å². The number of phenolic OH excluding ortho intramolecular Hbond substituents is 1. The third-order valence-electron chi connectivity index (χ3n) is 5.08. The zero-order chi connectivity index (χ0) is 22.0. The molecule has 3 N–H and O–H groups in total. The van der Waals surface area contributed by atoms with Gasteiger partial charge in [0.25, 0.3) is 0 Å². The monoisotopic (exact) mass is 411 g/mol. The summed E-state index contributed by atoms with van der Waals surface area (Å²) in [6.07, 6.45) is 2.55. The molecule has 0 saturated heterocycles. The van der Waals surface area contributed by atoms with Gasteiger partial charge < -0.3 is 20.3 Å². The maximum atomic E-state index is 11.8. The number of nitrogens with one attached hydrogen (secondary N) is 1. The van der Waals surface area contributed by atoms with Gasteiger partial charge in [0, 0.05) is 5.69 Å². The second kappa shape index (κ2) is 8.57. The molecule has 7 heteroatoms. The molecule has 0 unspecified atom stereocenters. The number of anilines is 1. The Morgan fingerprint density at radius 1 is 1.07 bits per heavy atom. The average molecular weight is 411 g/mol. The smallest absolute Gasteiger partial charge is 0.312 e. The minimum absolute atomic E-state index is 0.0347. The summed E-state index contributed by atoms with van der Waals surface area (Å²) < 4.78 is 5.87. The molecule has 0 atom stereocenters. The number of phenols is 1. The topological polar surface area (TPSA) is 113 Å². The largest absolute Gasteiger partial charge is 0.508 e. The van der Waals surface area contributed by atoms with Gasteiger partial charge in [-0.3, -0.25) is 14.4 Å². The number of aliphatic carboxylic acids is 1. The van der Waals surface area contributed by atoms with Crippen molar-refractivity contribution in [1.82, 2.24) is 0 Å². The average Bonchev–Trinajstić information content (AvgIpc) is 3.51. The van der Waals surface area contributed by atoms with Gasteiger partial charge in [0.2, 0.25) is 5.91 Å². The fourth-order valence-electron chi connectivity index (χ4n) is 3.07. The predicted molar refractivity (Wildman–Crippen MR) is 111 cm³/mol. The van der Waals surface area contributed by atoms with Gasteiger partial charge in [0.05, 0.1) is 5.56 Å². The van der Waals surface area contributed by atoms with Crippen molar-refractivity contribution < 1.29 is 29.3 Å². The van der Waals surface area contributed by atoms with Crippen LogP contribution in [-0.2, 0) is 9.59 Å². The molecule has 158 valence electrons. The minimum Gasteiger partial charge on any atom is -0.508 e. The molecule has 0 aliphatic heterocycles. The van der Waals surface area contributed by atoms with Gasteiger partial charge in [-0.15, -0.1) is 0 Å². The summed E-state index contributed by atoms with van der Waals surface area (Å²) in [7, 11) is 0. The normalized spacial score (nSPS) is 17.7. The molecule has 2 aliphatic rings. The van der Waals surface area contributed by atoms with Gasteiger partial charge in [-0.1, -0.05) is 0 Å². The van der Waals surface area contributed by atoms with E-state index in [-0.39, 0.29) is 17.1 Å². The fourth-order valence-corrected chi connectivity index (χ4v) is 3.07. The first kappa shape index (κ1) is 21.4. The summed E-state index contributed by atoms with van der Waals surface area (Å²) in [5.41, 5.74) is 2.09. The molecule has 30 heavy (non-hydrogen) atoms. The highest BCUT2D eigenvalue weighted by atomic mass is 16.5. The van der Waals surface area contributed by atoms with E-state index < -0.39 is 18.3 Å². The SMILES string of the molecule is C1C2CC12.CC(=O)c1cc(O)ccc1Oc1c(C)cc(NC(=O)CC(=O)O)cc1C. The van der Waals surface area contributed by atoms with Crippen LogP contribution in [-0.4, -0.2) is 27.9 Å². The standard InChI is InChI=1S/C19H19NO6.C4H6/c1-10-6-13(20-17(23)9-18(24)25)7-11(2)19(10)26-16-5-4-14(22)8-15(16)12(3)21;1-3-2-4(1)3/h4-8,22H,9H2,1-3H3,(H,20,23)(H,24,25);3-4H,1-2H2. The Balaban J connectivity index is 0.000000555. The van der Waals surface area contributed by atoms with E-state index in [1.807, 2.05) is 0 Å². The number of hydrogen-bond donors (Lipinski definition) is 3. The first-order chi connectivity index (χ1) is 14.1. The molecule has 0 aromatic heterocycles. The molecule has 2 saturated carbocycles. The molecule has 2 fully saturated rings. The van der Waals surface area contributed by atoms with Crippen molar-refractivity contribution in [3.8, 4) is 17.2 Å². The third-order valence-corrected chi connectivity index (χ3v) is 5.08. The lowest BCUT2D eigenvalue weighted by Crippen LogP contribution is -2.16. The summed E-state index contributed by atoms with van der Waals surface area (Å²) in [4.78, 5) is 33.9. The van der Waals surface area contributed by atoms with Crippen LogP contribution >= 0.6 is 0 Å². The third kappa shape index (κ3) is 5.59. The number of ether oxygens (including phenoxy) is 1. The second-order valence-electron chi connectivity index (χ2n) is 7.89. The van der Waals surface area contributed by atoms with Crippen LogP contribution in [0.15, 0.2) is 30.3 Å². The van der Waals surface area contributed by atoms with Crippen LogP contribution in [0.4, 0.5) is 5.69 Å². The van der Waals surface area contributed by atoms with Crippen LogP contribution in [0.25, 0.3) is 0 Å². The Hall–Kier alpha value is -3.35. The molecule has 2 aromatic rings. The minimum atomic E-state index is -1.21. The second-order valence-corrected chi connectivity index (χ2v) is 7.89. The van der Waals surface area contributed by atoms with Gasteiger partial charge >= 0.3 is 5.97 Å². The van der Waals surface area contributed by atoms with Gasteiger partial charge in [-0.25, -0.2) is 0 Å². The zero-order valence-electron chi connectivity index (χ0n) is 17.2. The molecule has 4 rings (SSSR count). The number of amides is 1. The van der Waals surface area contributed by atoms with Crippen LogP contribution in [0.2, 0.25) is 0 Å². The Morgan fingerprint density at radius 2 is 1.63 bits per heavy atom. The maximum absolute atomic E-state index is 11.8.